The lowest BCUT2D eigenvalue weighted by Crippen LogP contribution is -2.20. The number of halogens is 1. The molecule has 3 rings (SSSR count). The zero-order valence-corrected chi connectivity index (χ0v) is 15.3. The van der Waals surface area contributed by atoms with E-state index in [2.05, 4.69) is 15.6 Å². The first-order valence-electron chi connectivity index (χ1n) is 8.64. The fourth-order valence-corrected chi connectivity index (χ4v) is 2.48. The van der Waals surface area contributed by atoms with Gasteiger partial charge >= 0.3 is 0 Å². The second-order valence-corrected chi connectivity index (χ2v) is 5.86. The molecule has 1 aromatic heterocycles. The Labute approximate surface area is 162 Å². The van der Waals surface area contributed by atoms with Crippen LogP contribution in [-0.2, 0) is 11.3 Å². The third kappa shape index (κ3) is 5.20. The Morgan fingerprint density at radius 3 is 2.50 bits per heavy atom. The maximum atomic E-state index is 13.6. The van der Waals surface area contributed by atoms with Crippen LogP contribution in [0.1, 0.15) is 5.56 Å². The molecule has 0 aliphatic rings. The number of hydrogen-bond acceptors (Lipinski definition) is 5. The molecule has 0 fully saturated rings. The van der Waals surface area contributed by atoms with Crippen LogP contribution in [0.25, 0.3) is 0 Å². The maximum Gasteiger partial charge on any atom is 0.262 e. The summed E-state index contributed by atoms with van der Waals surface area (Å²) in [5.74, 6) is 1.04. The van der Waals surface area contributed by atoms with E-state index in [1.54, 1.807) is 48.5 Å². The summed E-state index contributed by atoms with van der Waals surface area (Å²) in [7, 11) is 1.54. The highest BCUT2D eigenvalue weighted by Crippen LogP contribution is 2.25. The summed E-state index contributed by atoms with van der Waals surface area (Å²) >= 11 is 0. The van der Waals surface area contributed by atoms with Crippen molar-refractivity contribution < 1.29 is 18.7 Å². The number of amides is 1. The molecule has 1 heterocycles. The Morgan fingerprint density at radius 1 is 1.04 bits per heavy atom. The molecule has 7 heteroatoms. The highest BCUT2D eigenvalue weighted by Gasteiger charge is 2.08. The number of benzene rings is 2. The van der Waals surface area contributed by atoms with E-state index in [0.717, 1.165) is 0 Å². The van der Waals surface area contributed by atoms with Gasteiger partial charge < -0.3 is 20.1 Å². The number of hydrogen-bond donors (Lipinski definition) is 2. The van der Waals surface area contributed by atoms with Gasteiger partial charge in [0.2, 0.25) is 0 Å². The van der Waals surface area contributed by atoms with Crippen molar-refractivity contribution in [1.29, 1.82) is 0 Å². The van der Waals surface area contributed by atoms with Gasteiger partial charge in [-0.2, -0.15) is 0 Å². The topological polar surface area (TPSA) is 72.5 Å². The molecular formula is C21H20FN3O3. The van der Waals surface area contributed by atoms with Crippen molar-refractivity contribution in [2.24, 2.45) is 0 Å². The Bertz CT molecular complexity index is 932. The fourth-order valence-electron chi connectivity index (χ4n) is 2.48. The normalized spacial score (nSPS) is 10.2. The van der Waals surface area contributed by atoms with Crippen LogP contribution in [0.15, 0.2) is 66.9 Å². The average molecular weight is 381 g/mol. The second kappa shape index (κ2) is 9.36. The number of carbonyl (C=O) groups is 1. The number of pyridine rings is 1. The Hall–Kier alpha value is -3.61. The summed E-state index contributed by atoms with van der Waals surface area (Å²) in [6.45, 7) is 0.159. The second-order valence-electron chi connectivity index (χ2n) is 5.86. The predicted molar refractivity (Wildman–Crippen MR) is 105 cm³/mol. The number of ether oxygens (including phenoxy) is 2. The van der Waals surface area contributed by atoms with Crippen LogP contribution in [0, 0.1) is 5.82 Å². The standard InChI is InChI=1S/C21H20FN3O3/c1-27-18-8-4-5-9-19(18)28-14-21(26)25-16-10-11-20(24-13-16)23-12-15-6-2-3-7-17(15)22/h2-11,13H,12,14H2,1H3,(H,23,24)(H,25,26). The minimum Gasteiger partial charge on any atom is -0.493 e. The van der Waals surface area contributed by atoms with E-state index < -0.39 is 0 Å². The minimum absolute atomic E-state index is 0.159. The lowest BCUT2D eigenvalue weighted by Gasteiger charge is -2.11. The van der Waals surface area contributed by atoms with Crippen molar-refractivity contribution in [1.82, 2.24) is 4.98 Å². The van der Waals surface area contributed by atoms with Crippen molar-refractivity contribution in [3.63, 3.8) is 0 Å². The third-order valence-corrected chi connectivity index (χ3v) is 3.89. The number of methoxy groups -OCH3 is 1. The van der Waals surface area contributed by atoms with Crippen LogP contribution in [0.2, 0.25) is 0 Å². The van der Waals surface area contributed by atoms with Crippen LogP contribution in [-0.4, -0.2) is 24.6 Å². The third-order valence-electron chi connectivity index (χ3n) is 3.89. The number of rotatable bonds is 8. The van der Waals surface area contributed by atoms with Crippen molar-refractivity contribution in [2.75, 3.05) is 24.4 Å². The summed E-state index contributed by atoms with van der Waals surface area (Å²) in [6, 6.07) is 17.1. The van der Waals surface area contributed by atoms with E-state index in [0.29, 0.717) is 35.1 Å². The van der Waals surface area contributed by atoms with Gasteiger partial charge in [-0.05, 0) is 30.3 Å². The summed E-state index contributed by atoms with van der Waals surface area (Å²) < 4.78 is 24.3. The zero-order chi connectivity index (χ0) is 19.8. The van der Waals surface area contributed by atoms with Crippen molar-refractivity contribution in [3.05, 3.63) is 78.2 Å². The molecule has 0 radical (unpaired) electrons. The Kier molecular flexibility index (Phi) is 6.41. The molecule has 2 N–H and O–H groups in total. The first kappa shape index (κ1) is 19.2. The smallest absolute Gasteiger partial charge is 0.262 e. The van der Waals surface area contributed by atoms with Gasteiger partial charge in [0.1, 0.15) is 11.6 Å². The summed E-state index contributed by atoms with van der Waals surface area (Å²) in [5.41, 5.74) is 1.08. The van der Waals surface area contributed by atoms with Gasteiger partial charge in [0, 0.05) is 12.1 Å². The first-order valence-corrected chi connectivity index (χ1v) is 8.64. The lowest BCUT2D eigenvalue weighted by molar-refractivity contribution is -0.118. The average Bonchev–Trinajstić information content (AvgIpc) is 2.73. The van der Waals surface area contributed by atoms with E-state index in [1.165, 1.54) is 19.4 Å². The minimum atomic E-state index is -0.320. The largest absolute Gasteiger partial charge is 0.493 e. The number of aromatic nitrogens is 1. The lowest BCUT2D eigenvalue weighted by atomic mass is 10.2. The molecule has 0 atom stereocenters. The van der Waals surface area contributed by atoms with Gasteiger partial charge in [0.05, 0.1) is 19.0 Å². The predicted octanol–water partition coefficient (Wildman–Crippen LogP) is 3.86. The van der Waals surface area contributed by atoms with E-state index in [9.17, 15) is 9.18 Å². The van der Waals surface area contributed by atoms with Crippen molar-refractivity contribution in [2.45, 2.75) is 6.54 Å². The summed E-state index contributed by atoms with van der Waals surface area (Å²) in [6.07, 6.45) is 1.52. The molecule has 6 nitrogen and oxygen atoms in total. The molecule has 0 saturated carbocycles. The van der Waals surface area contributed by atoms with Crippen molar-refractivity contribution >= 4 is 17.4 Å². The van der Waals surface area contributed by atoms with Crippen LogP contribution in [0.3, 0.4) is 0 Å². The first-order chi connectivity index (χ1) is 13.7. The molecule has 2 aromatic carbocycles. The van der Waals surface area contributed by atoms with Crippen LogP contribution in [0.5, 0.6) is 11.5 Å². The highest BCUT2D eigenvalue weighted by molar-refractivity contribution is 5.91. The molecule has 144 valence electrons. The molecule has 0 saturated heterocycles. The quantitative estimate of drug-likeness (QED) is 0.620. The van der Waals surface area contributed by atoms with Crippen molar-refractivity contribution in [3.8, 4) is 11.5 Å². The van der Waals surface area contributed by atoms with E-state index >= 15 is 0 Å². The van der Waals surface area contributed by atoms with Gasteiger partial charge in [-0.1, -0.05) is 30.3 Å². The van der Waals surface area contributed by atoms with E-state index in [1.807, 2.05) is 6.07 Å². The SMILES string of the molecule is COc1ccccc1OCC(=O)Nc1ccc(NCc2ccccc2F)nc1. The van der Waals surface area contributed by atoms with Gasteiger partial charge in [-0.3, -0.25) is 4.79 Å². The Morgan fingerprint density at radius 2 is 1.79 bits per heavy atom. The number of carbonyl (C=O) groups excluding carboxylic acids is 1. The highest BCUT2D eigenvalue weighted by atomic mass is 19.1. The summed E-state index contributed by atoms with van der Waals surface area (Å²) in [5, 5.41) is 5.74. The monoisotopic (exact) mass is 381 g/mol. The van der Waals surface area contributed by atoms with Crippen LogP contribution >= 0.6 is 0 Å². The Balaban J connectivity index is 1.49. The van der Waals surface area contributed by atoms with E-state index in [4.69, 9.17) is 9.47 Å². The molecule has 0 unspecified atom stereocenters. The molecule has 28 heavy (non-hydrogen) atoms. The molecule has 0 aliphatic heterocycles. The van der Waals surface area contributed by atoms with Crippen LogP contribution < -0.4 is 20.1 Å². The summed E-state index contributed by atoms with van der Waals surface area (Å²) in [4.78, 5) is 16.3. The molecular weight excluding hydrogens is 361 g/mol. The fraction of sp³-hybridized carbons (Fsp3) is 0.143. The number of nitrogens with zero attached hydrogens (tertiary/aromatic N) is 1. The zero-order valence-electron chi connectivity index (χ0n) is 15.3. The maximum absolute atomic E-state index is 13.6. The molecule has 0 aliphatic carbocycles. The molecule has 0 bridgehead atoms. The number of nitrogens with one attached hydrogen (secondary N) is 2. The van der Waals surface area contributed by atoms with E-state index in [-0.39, 0.29) is 18.3 Å². The van der Waals surface area contributed by atoms with Gasteiger partial charge in [-0.25, -0.2) is 9.37 Å². The van der Waals surface area contributed by atoms with Gasteiger partial charge in [0.25, 0.3) is 5.91 Å². The molecule has 1 amide bonds. The number of anilines is 2. The van der Waals surface area contributed by atoms with Gasteiger partial charge in [0.15, 0.2) is 18.1 Å². The van der Waals surface area contributed by atoms with Crippen LogP contribution in [0.4, 0.5) is 15.9 Å². The van der Waals surface area contributed by atoms with Gasteiger partial charge in [-0.15, -0.1) is 0 Å². The molecule has 0 spiro atoms. The molecule has 3 aromatic rings. The number of para-hydroxylation sites is 2.